The molecular weight excluding hydrogens is 236 g/mol. The van der Waals surface area contributed by atoms with Crippen LogP contribution in [-0.2, 0) is 11.3 Å². The molecule has 0 bridgehead atoms. The fourth-order valence-corrected chi connectivity index (χ4v) is 2.30. The van der Waals surface area contributed by atoms with Gasteiger partial charge in [-0.3, -0.25) is 4.79 Å². The van der Waals surface area contributed by atoms with E-state index in [4.69, 9.17) is 0 Å². The number of nitrogens with one attached hydrogen (secondary N) is 1. The Morgan fingerprint density at radius 1 is 1.59 bits per heavy atom. The van der Waals surface area contributed by atoms with Gasteiger partial charge in [-0.2, -0.15) is 0 Å². The highest BCUT2D eigenvalue weighted by molar-refractivity contribution is 7.09. The van der Waals surface area contributed by atoms with Crippen LogP contribution >= 0.6 is 11.3 Å². The number of thiazole rings is 1. The lowest BCUT2D eigenvalue weighted by molar-refractivity contribution is -0.122. The van der Waals surface area contributed by atoms with E-state index in [1.54, 1.807) is 40.8 Å². The van der Waals surface area contributed by atoms with Gasteiger partial charge >= 0.3 is 0 Å². The van der Waals surface area contributed by atoms with Crippen molar-refractivity contribution in [1.82, 2.24) is 19.9 Å². The lowest BCUT2D eigenvalue weighted by Gasteiger charge is -2.14. The number of carbonyl (C=O) groups excluding carboxylic acids is 1. The van der Waals surface area contributed by atoms with E-state index < -0.39 is 0 Å². The summed E-state index contributed by atoms with van der Waals surface area (Å²) in [4.78, 5) is 19.9. The third kappa shape index (κ3) is 3.13. The molecule has 90 valence electrons. The number of aromatic nitrogens is 3. The van der Waals surface area contributed by atoms with Crippen LogP contribution in [0, 0.1) is 0 Å². The van der Waals surface area contributed by atoms with Crippen LogP contribution < -0.4 is 5.32 Å². The number of amides is 1. The quantitative estimate of drug-likeness (QED) is 0.877. The van der Waals surface area contributed by atoms with Gasteiger partial charge in [0.1, 0.15) is 11.6 Å². The Morgan fingerprint density at radius 3 is 3.06 bits per heavy atom. The molecule has 0 fully saturated rings. The van der Waals surface area contributed by atoms with Crippen molar-refractivity contribution in [3.63, 3.8) is 0 Å². The van der Waals surface area contributed by atoms with Crippen molar-refractivity contribution >= 4 is 17.2 Å². The van der Waals surface area contributed by atoms with E-state index in [2.05, 4.69) is 15.3 Å². The second-order valence-electron chi connectivity index (χ2n) is 3.63. The number of hydrogen-bond donors (Lipinski definition) is 1. The maximum atomic E-state index is 11.8. The maximum absolute atomic E-state index is 11.8. The van der Waals surface area contributed by atoms with E-state index in [9.17, 15) is 4.79 Å². The van der Waals surface area contributed by atoms with E-state index in [1.807, 2.05) is 12.3 Å². The molecule has 0 radical (unpaired) electrons. The number of hydrogen-bond acceptors (Lipinski definition) is 4. The standard InChI is InChI=1S/C11H14N4OS/c1-2-9(11-13-4-6-17-11)14-10(16)7-15-5-3-12-8-15/h3-6,8-9H,2,7H2,1H3,(H,14,16)/t9-/m1/s1. The normalized spacial score (nSPS) is 12.3. The number of imidazole rings is 1. The molecule has 0 unspecified atom stereocenters. The molecule has 0 aliphatic carbocycles. The van der Waals surface area contributed by atoms with Crippen LogP contribution in [0.1, 0.15) is 24.4 Å². The molecule has 0 saturated carbocycles. The summed E-state index contributed by atoms with van der Waals surface area (Å²) in [6.07, 6.45) is 7.65. The molecule has 0 spiro atoms. The fraction of sp³-hybridized carbons (Fsp3) is 0.364. The smallest absolute Gasteiger partial charge is 0.240 e. The van der Waals surface area contributed by atoms with Crippen molar-refractivity contribution in [2.24, 2.45) is 0 Å². The highest BCUT2D eigenvalue weighted by atomic mass is 32.1. The Labute approximate surface area is 104 Å². The Morgan fingerprint density at radius 2 is 2.47 bits per heavy atom. The molecule has 2 aromatic heterocycles. The summed E-state index contributed by atoms with van der Waals surface area (Å²) in [7, 11) is 0. The Balaban J connectivity index is 1.93. The zero-order chi connectivity index (χ0) is 12.1. The highest BCUT2D eigenvalue weighted by Crippen LogP contribution is 2.18. The molecule has 0 aliphatic heterocycles. The molecule has 0 aromatic carbocycles. The second-order valence-corrected chi connectivity index (χ2v) is 4.56. The summed E-state index contributed by atoms with van der Waals surface area (Å²) in [5.74, 6) is -0.0231. The second kappa shape index (κ2) is 5.58. The molecule has 1 N–H and O–H groups in total. The summed E-state index contributed by atoms with van der Waals surface area (Å²) >= 11 is 1.56. The molecule has 6 heteroatoms. The zero-order valence-electron chi connectivity index (χ0n) is 9.54. The van der Waals surface area contributed by atoms with Crippen molar-refractivity contribution < 1.29 is 4.79 Å². The van der Waals surface area contributed by atoms with Crippen LogP contribution in [0.3, 0.4) is 0 Å². The summed E-state index contributed by atoms with van der Waals surface area (Å²) in [6.45, 7) is 2.32. The molecule has 5 nitrogen and oxygen atoms in total. The predicted molar refractivity (Wildman–Crippen MR) is 65.5 cm³/mol. The highest BCUT2D eigenvalue weighted by Gasteiger charge is 2.14. The maximum Gasteiger partial charge on any atom is 0.240 e. The van der Waals surface area contributed by atoms with Crippen LogP contribution in [0.15, 0.2) is 30.3 Å². The summed E-state index contributed by atoms with van der Waals surface area (Å²) < 4.78 is 1.74. The number of carbonyl (C=O) groups is 1. The first kappa shape index (κ1) is 11.8. The summed E-state index contributed by atoms with van der Waals surface area (Å²) in [5, 5.41) is 5.83. The lowest BCUT2D eigenvalue weighted by atomic mass is 10.2. The summed E-state index contributed by atoms with van der Waals surface area (Å²) in [6, 6.07) is 0.00558. The number of nitrogens with zero attached hydrogens (tertiary/aromatic N) is 3. The van der Waals surface area contributed by atoms with Crippen LogP contribution in [0.25, 0.3) is 0 Å². The van der Waals surface area contributed by atoms with Gasteiger partial charge in [-0.25, -0.2) is 9.97 Å². The van der Waals surface area contributed by atoms with Gasteiger partial charge in [0, 0.05) is 24.0 Å². The van der Waals surface area contributed by atoms with E-state index >= 15 is 0 Å². The first-order chi connectivity index (χ1) is 8.29. The molecular formula is C11H14N4OS. The molecule has 0 saturated heterocycles. The topological polar surface area (TPSA) is 59.8 Å². The molecule has 17 heavy (non-hydrogen) atoms. The van der Waals surface area contributed by atoms with Crippen LogP contribution in [0.2, 0.25) is 0 Å². The van der Waals surface area contributed by atoms with Crippen LogP contribution in [0.5, 0.6) is 0 Å². The average Bonchev–Trinajstić information content (AvgIpc) is 2.97. The van der Waals surface area contributed by atoms with E-state index in [0.29, 0.717) is 6.54 Å². The van der Waals surface area contributed by atoms with E-state index in [-0.39, 0.29) is 11.9 Å². The van der Waals surface area contributed by atoms with Crippen molar-refractivity contribution in [3.05, 3.63) is 35.3 Å². The average molecular weight is 250 g/mol. The van der Waals surface area contributed by atoms with Crippen molar-refractivity contribution in [2.75, 3.05) is 0 Å². The van der Waals surface area contributed by atoms with Gasteiger partial charge in [0.15, 0.2) is 0 Å². The third-order valence-corrected chi connectivity index (χ3v) is 3.27. The fourth-order valence-electron chi connectivity index (χ4n) is 1.53. The van der Waals surface area contributed by atoms with Gasteiger partial charge in [-0.05, 0) is 6.42 Å². The van der Waals surface area contributed by atoms with E-state index in [1.165, 1.54) is 0 Å². The first-order valence-electron chi connectivity index (χ1n) is 5.44. The molecule has 1 amide bonds. The Hall–Kier alpha value is -1.69. The Bertz CT molecular complexity index is 452. The molecule has 1 atom stereocenters. The molecule has 0 aliphatic rings. The van der Waals surface area contributed by atoms with Crippen molar-refractivity contribution in [2.45, 2.75) is 25.9 Å². The first-order valence-corrected chi connectivity index (χ1v) is 6.32. The molecule has 2 heterocycles. The Kier molecular flexibility index (Phi) is 3.87. The van der Waals surface area contributed by atoms with Gasteiger partial charge in [-0.1, -0.05) is 6.92 Å². The van der Waals surface area contributed by atoms with Gasteiger partial charge in [0.25, 0.3) is 0 Å². The van der Waals surface area contributed by atoms with Crippen molar-refractivity contribution in [3.8, 4) is 0 Å². The van der Waals surface area contributed by atoms with E-state index in [0.717, 1.165) is 11.4 Å². The summed E-state index contributed by atoms with van der Waals surface area (Å²) in [5.41, 5.74) is 0. The largest absolute Gasteiger partial charge is 0.345 e. The number of rotatable bonds is 5. The van der Waals surface area contributed by atoms with Crippen LogP contribution in [0.4, 0.5) is 0 Å². The minimum absolute atomic E-state index is 0.00558. The van der Waals surface area contributed by atoms with Gasteiger partial charge in [0.2, 0.25) is 5.91 Å². The van der Waals surface area contributed by atoms with Gasteiger partial charge < -0.3 is 9.88 Å². The molecule has 2 rings (SSSR count). The zero-order valence-corrected chi connectivity index (χ0v) is 10.4. The van der Waals surface area contributed by atoms with Gasteiger partial charge in [0.05, 0.1) is 12.4 Å². The van der Waals surface area contributed by atoms with Crippen molar-refractivity contribution in [1.29, 1.82) is 0 Å². The molecule has 2 aromatic rings. The SMILES string of the molecule is CC[C@@H](NC(=O)Cn1ccnc1)c1nccs1. The third-order valence-electron chi connectivity index (χ3n) is 2.38. The monoisotopic (exact) mass is 250 g/mol. The predicted octanol–water partition coefficient (Wildman–Crippen LogP) is 1.61. The minimum Gasteiger partial charge on any atom is -0.345 e. The van der Waals surface area contributed by atoms with Crippen LogP contribution in [-0.4, -0.2) is 20.4 Å². The van der Waals surface area contributed by atoms with Gasteiger partial charge in [-0.15, -0.1) is 11.3 Å². The lowest BCUT2D eigenvalue weighted by Crippen LogP contribution is -2.30. The minimum atomic E-state index is -0.0231.